The maximum atomic E-state index is 2.50. The van der Waals surface area contributed by atoms with Crippen LogP contribution in [0, 0.1) is 0 Å². The highest BCUT2D eigenvalue weighted by Gasteiger charge is 2.46. The van der Waals surface area contributed by atoms with E-state index in [1.807, 2.05) is 11.3 Å². The van der Waals surface area contributed by atoms with E-state index in [0.29, 0.717) is 0 Å². The molecule has 0 spiro atoms. The van der Waals surface area contributed by atoms with Gasteiger partial charge in [-0.15, -0.1) is 11.3 Å². The molecular weight excluding hydrogens is 935 g/mol. The van der Waals surface area contributed by atoms with Crippen LogP contribution >= 0.6 is 11.3 Å². The first-order valence-corrected chi connectivity index (χ1v) is 27.3. The number of rotatable bonds is 8. The molecule has 0 atom stereocenters. The second-order valence-electron chi connectivity index (χ2n) is 21.1. The lowest BCUT2D eigenvalue weighted by Gasteiger charge is -2.35. The average Bonchev–Trinajstić information content (AvgIpc) is 4.29. The van der Waals surface area contributed by atoms with E-state index >= 15 is 0 Å². The molecule has 13 aromatic rings. The third-order valence-corrected chi connectivity index (χ3v) is 18.0. The quantitative estimate of drug-likeness (QED) is 0.147. The Morgan fingerprint density at radius 3 is 1.43 bits per heavy atom. The maximum absolute atomic E-state index is 2.50. The van der Waals surface area contributed by atoms with Crippen LogP contribution in [-0.2, 0) is 10.8 Å². The van der Waals surface area contributed by atoms with Crippen LogP contribution in [-0.4, -0.2) is 0 Å². The van der Waals surface area contributed by atoms with Crippen LogP contribution in [0.2, 0.25) is 0 Å². The maximum Gasteiger partial charge on any atom is 0.0714 e. The van der Waals surface area contributed by atoms with Crippen molar-refractivity contribution in [3.8, 4) is 55.6 Å². The monoisotopic (exact) mass is 985 g/mol. The average molecular weight is 986 g/mol. The second-order valence-corrected chi connectivity index (χ2v) is 22.1. The minimum Gasteiger partial charge on any atom is -0.310 e. The molecule has 2 aliphatic rings. The van der Waals surface area contributed by atoms with Gasteiger partial charge in [-0.25, -0.2) is 0 Å². The first-order valence-electron chi connectivity index (χ1n) is 26.5. The van der Waals surface area contributed by atoms with Gasteiger partial charge in [0, 0.05) is 48.0 Å². The van der Waals surface area contributed by atoms with Crippen LogP contribution in [0.15, 0.2) is 273 Å². The molecule has 0 N–H and O–H groups in total. The fourth-order valence-corrected chi connectivity index (χ4v) is 14.6. The van der Waals surface area contributed by atoms with Gasteiger partial charge in [0.2, 0.25) is 0 Å². The van der Waals surface area contributed by atoms with Crippen LogP contribution in [0.1, 0.15) is 47.2 Å². The van der Waals surface area contributed by atoms with Crippen molar-refractivity contribution in [2.45, 2.75) is 24.7 Å². The van der Waals surface area contributed by atoms with Crippen molar-refractivity contribution >= 4 is 59.3 Å². The lowest BCUT2D eigenvalue weighted by molar-refractivity contribution is 0.660. The molecule has 0 radical (unpaired) electrons. The number of hydrogen-bond donors (Lipinski definition) is 0. The van der Waals surface area contributed by atoms with Crippen LogP contribution in [0.5, 0.6) is 0 Å². The van der Waals surface area contributed by atoms with Crippen LogP contribution < -0.4 is 4.90 Å². The molecule has 0 bridgehead atoms. The summed E-state index contributed by atoms with van der Waals surface area (Å²) in [5, 5.41) is 5.14. The molecule has 1 heterocycles. The third kappa shape index (κ3) is 6.57. The molecule has 0 fully saturated rings. The van der Waals surface area contributed by atoms with Crippen LogP contribution in [0.25, 0.3) is 86.6 Å². The highest BCUT2D eigenvalue weighted by molar-refractivity contribution is 7.26. The van der Waals surface area contributed by atoms with Gasteiger partial charge in [0.1, 0.15) is 0 Å². The SMILES string of the molecule is CC1(C)c2ccccc2-c2ccc(N(c3ccc(-c4c(-c5ccc(-c6ccccc6)cc5)c5c6ccccc6sc5c5ccccc45)cc3)c3ccc4c(c3)C(c3ccccc3)(c3ccccc3)c3ccccc3-4)cc21. The van der Waals surface area contributed by atoms with Crippen LogP contribution in [0.4, 0.5) is 17.1 Å². The number of hydrogen-bond acceptors (Lipinski definition) is 2. The smallest absolute Gasteiger partial charge is 0.0714 e. The van der Waals surface area contributed by atoms with Gasteiger partial charge in [-0.05, 0) is 137 Å². The van der Waals surface area contributed by atoms with E-state index < -0.39 is 5.41 Å². The largest absolute Gasteiger partial charge is 0.310 e. The van der Waals surface area contributed by atoms with Crippen molar-refractivity contribution in [1.29, 1.82) is 0 Å². The molecule has 15 rings (SSSR count). The summed E-state index contributed by atoms with van der Waals surface area (Å²) in [6.07, 6.45) is 0. The van der Waals surface area contributed by atoms with E-state index in [-0.39, 0.29) is 5.41 Å². The van der Waals surface area contributed by atoms with E-state index in [9.17, 15) is 0 Å². The molecule has 0 unspecified atom stereocenters. The number of nitrogens with zero attached hydrogens (tertiary/aromatic N) is 1. The minimum absolute atomic E-state index is 0.173. The number of anilines is 3. The summed E-state index contributed by atoms with van der Waals surface area (Å²) < 4.78 is 2.63. The fraction of sp³-hybridized carbons (Fsp3) is 0.0541. The predicted molar refractivity (Wildman–Crippen MR) is 323 cm³/mol. The van der Waals surface area contributed by atoms with Crippen molar-refractivity contribution in [2.75, 3.05) is 4.90 Å². The van der Waals surface area contributed by atoms with Gasteiger partial charge >= 0.3 is 0 Å². The summed E-state index contributed by atoms with van der Waals surface area (Å²) >= 11 is 1.90. The van der Waals surface area contributed by atoms with Gasteiger partial charge in [0.05, 0.1) is 5.41 Å². The first kappa shape index (κ1) is 44.4. The predicted octanol–water partition coefficient (Wildman–Crippen LogP) is 20.3. The zero-order chi connectivity index (χ0) is 50.5. The molecule has 1 aromatic heterocycles. The van der Waals surface area contributed by atoms with Crippen molar-refractivity contribution < 1.29 is 0 Å². The number of benzene rings is 12. The lowest BCUT2D eigenvalue weighted by atomic mass is 9.67. The van der Waals surface area contributed by atoms with E-state index in [0.717, 1.165) is 17.1 Å². The molecule has 0 aliphatic heterocycles. The van der Waals surface area contributed by atoms with E-state index in [4.69, 9.17) is 0 Å². The highest BCUT2D eigenvalue weighted by Crippen LogP contribution is 2.58. The van der Waals surface area contributed by atoms with E-state index in [2.05, 4.69) is 292 Å². The van der Waals surface area contributed by atoms with Crippen molar-refractivity contribution in [2.24, 2.45) is 0 Å². The molecule has 12 aromatic carbocycles. The Hall–Kier alpha value is -9.08. The minimum atomic E-state index is -0.539. The summed E-state index contributed by atoms with van der Waals surface area (Å²) in [6, 6.07) is 102. The Morgan fingerprint density at radius 2 is 0.763 bits per heavy atom. The van der Waals surface area contributed by atoms with Gasteiger partial charge in [0.15, 0.2) is 0 Å². The zero-order valence-electron chi connectivity index (χ0n) is 42.3. The molecule has 0 saturated carbocycles. The van der Waals surface area contributed by atoms with E-state index in [1.54, 1.807) is 0 Å². The zero-order valence-corrected chi connectivity index (χ0v) is 43.2. The summed E-state index contributed by atoms with van der Waals surface area (Å²) in [7, 11) is 0. The molecule has 0 amide bonds. The van der Waals surface area contributed by atoms with Gasteiger partial charge in [0.25, 0.3) is 0 Å². The van der Waals surface area contributed by atoms with Gasteiger partial charge in [-0.1, -0.05) is 244 Å². The van der Waals surface area contributed by atoms with Gasteiger partial charge in [-0.2, -0.15) is 0 Å². The van der Waals surface area contributed by atoms with Crippen LogP contribution in [0.3, 0.4) is 0 Å². The Morgan fingerprint density at radius 1 is 0.316 bits per heavy atom. The first-order chi connectivity index (χ1) is 37.5. The summed E-state index contributed by atoms with van der Waals surface area (Å²) in [5.41, 5.74) is 22.9. The normalized spacial score (nSPS) is 13.6. The van der Waals surface area contributed by atoms with Crippen molar-refractivity contribution in [3.63, 3.8) is 0 Å². The third-order valence-electron chi connectivity index (χ3n) is 16.8. The molecule has 2 aliphatic carbocycles. The van der Waals surface area contributed by atoms with Crippen molar-refractivity contribution in [1.82, 2.24) is 0 Å². The fourth-order valence-electron chi connectivity index (χ4n) is 13.3. The van der Waals surface area contributed by atoms with E-state index in [1.165, 1.54) is 120 Å². The molecule has 358 valence electrons. The Labute approximate surface area is 448 Å². The second kappa shape index (κ2) is 17.2. The standard InChI is InChI=1S/C74H51NS/c1-73(2)64-31-17-14-26-57(64)59-44-42-55(46-66(59)73)75(56-43-45-60-58-27-15-18-32-65(58)74(67(60)47-56,52-22-8-4-9-23-52)53-24-10-5-11-25-53)54-40-38-50(39-41-54)69-61-28-12-13-29-62(61)72-71(63-30-16-19-33-68(63)76-72)70(69)51-36-34-49(35-37-51)48-20-6-3-7-21-48/h3-47H,1-2H3. The summed E-state index contributed by atoms with van der Waals surface area (Å²) in [5.74, 6) is 0. The van der Waals surface area contributed by atoms with Gasteiger partial charge in [-0.3, -0.25) is 0 Å². The highest BCUT2D eigenvalue weighted by atomic mass is 32.1. The lowest BCUT2D eigenvalue weighted by Crippen LogP contribution is -2.28. The van der Waals surface area contributed by atoms with Crippen molar-refractivity contribution in [3.05, 3.63) is 306 Å². The topological polar surface area (TPSA) is 3.24 Å². The molecular formula is C74H51NS. The Balaban J connectivity index is 0.960. The molecule has 0 saturated heterocycles. The molecule has 2 heteroatoms. The summed E-state index contributed by atoms with van der Waals surface area (Å²) in [6.45, 7) is 4.76. The van der Waals surface area contributed by atoms with Gasteiger partial charge < -0.3 is 4.90 Å². The molecule has 1 nitrogen and oxygen atoms in total. The molecule has 76 heavy (non-hydrogen) atoms. The number of thiophene rings is 1. The number of fused-ring (bicyclic) bond motifs is 11. The Bertz CT molecular complexity index is 4360. The Kier molecular flexibility index (Phi) is 10.1. The summed E-state index contributed by atoms with van der Waals surface area (Å²) in [4.78, 5) is 2.50.